The number of aromatic nitrogens is 1. The van der Waals surface area contributed by atoms with Crippen molar-refractivity contribution in [1.82, 2.24) is 14.8 Å². The average molecular weight is 385 g/mol. The lowest BCUT2D eigenvalue weighted by molar-refractivity contribution is 0.0772. The lowest BCUT2D eigenvalue weighted by atomic mass is 9.83. The van der Waals surface area contributed by atoms with Gasteiger partial charge in [-0.25, -0.2) is 8.78 Å². The molecule has 6 heteroatoms. The van der Waals surface area contributed by atoms with Crippen molar-refractivity contribution in [2.24, 2.45) is 11.8 Å². The van der Waals surface area contributed by atoms with Gasteiger partial charge in [0.25, 0.3) is 5.91 Å². The summed E-state index contributed by atoms with van der Waals surface area (Å²) in [6, 6.07) is 7.90. The van der Waals surface area contributed by atoms with E-state index in [1.165, 1.54) is 0 Å². The Labute approximate surface area is 164 Å². The normalized spacial score (nSPS) is 21.2. The monoisotopic (exact) mass is 385 g/mol. The Morgan fingerprint density at radius 2 is 1.71 bits per heavy atom. The maximum absolute atomic E-state index is 13.9. The Kier molecular flexibility index (Phi) is 5.67. The molecule has 148 valence electrons. The Hall–Kier alpha value is -2.34. The van der Waals surface area contributed by atoms with Crippen LogP contribution in [0.15, 0.2) is 42.7 Å². The predicted molar refractivity (Wildman–Crippen MR) is 103 cm³/mol. The van der Waals surface area contributed by atoms with Gasteiger partial charge in [-0.1, -0.05) is 12.1 Å². The number of hydrogen-bond donors (Lipinski definition) is 0. The number of pyridine rings is 1. The first-order valence-corrected chi connectivity index (χ1v) is 9.96. The number of piperidine rings is 1. The predicted octanol–water partition coefficient (Wildman–Crippen LogP) is 3.73. The van der Waals surface area contributed by atoms with E-state index in [9.17, 15) is 13.6 Å². The first-order chi connectivity index (χ1) is 13.6. The molecule has 4 nitrogen and oxygen atoms in total. The lowest BCUT2D eigenvalue weighted by Gasteiger charge is -2.35. The van der Waals surface area contributed by atoms with Crippen molar-refractivity contribution < 1.29 is 13.6 Å². The molecule has 2 fully saturated rings. The molecule has 28 heavy (non-hydrogen) atoms. The van der Waals surface area contributed by atoms with Crippen LogP contribution in [-0.4, -0.2) is 46.9 Å². The molecular formula is C22H25F2N3O. The molecular weight excluding hydrogens is 360 g/mol. The number of hydrogen-bond acceptors (Lipinski definition) is 3. The molecule has 1 amide bonds. The van der Waals surface area contributed by atoms with Gasteiger partial charge in [0.15, 0.2) is 11.6 Å². The fraction of sp³-hybridized carbons (Fsp3) is 0.455. The van der Waals surface area contributed by atoms with Crippen molar-refractivity contribution >= 4 is 5.91 Å². The van der Waals surface area contributed by atoms with E-state index >= 15 is 0 Å². The van der Waals surface area contributed by atoms with Crippen molar-refractivity contribution in [1.29, 1.82) is 0 Å². The minimum Gasteiger partial charge on any atom is -0.338 e. The number of rotatable bonds is 4. The minimum atomic E-state index is -0.780. The molecule has 1 aromatic carbocycles. The Balaban J connectivity index is 1.29. The van der Waals surface area contributed by atoms with E-state index in [0.717, 1.165) is 51.5 Å². The summed E-state index contributed by atoms with van der Waals surface area (Å²) >= 11 is 0. The van der Waals surface area contributed by atoms with E-state index in [4.69, 9.17) is 0 Å². The molecule has 0 spiro atoms. The third-order valence-corrected chi connectivity index (χ3v) is 6.16. The van der Waals surface area contributed by atoms with Gasteiger partial charge in [-0.3, -0.25) is 14.7 Å². The van der Waals surface area contributed by atoms with Crippen LogP contribution in [-0.2, 0) is 6.54 Å². The summed E-state index contributed by atoms with van der Waals surface area (Å²) in [6.45, 7) is 3.84. The number of benzene rings is 1. The number of carbonyl (C=O) groups excluding carboxylic acids is 1. The third-order valence-electron chi connectivity index (χ3n) is 6.16. The van der Waals surface area contributed by atoms with E-state index in [0.29, 0.717) is 29.5 Å². The second kappa shape index (κ2) is 8.35. The summed E-state index contributed by atoms with van der Waals surface area (Å²) in [7, 11) is 0. The highest BCUT2D eigenvalue weighted by Crippen LogP contribution is 2.33. The van der Waals surface area contributed by atoms with E-state index < -0.39 is 11.6 Å². The van der Waals surface area contributed by atoms with Gasteiger partial charge in [-0.2, -0.15) is 0 Å². The fourth-order valence-corrected chi connectivity index (χ4v) is 4.53. The van der Waals surface area contributed by atoms with Crippen LogP contribution in [0.3, 0.4) is 0 Å². The van der Waals surface area contributed by atoms with Crippen molar-refractivity contribution in [2.75, 3.05) is 26.2 Å². The number of nitrogens with zero attached hydrogens (tertiary/aromatic N) is 3. The summed E-state index contributed by atoms with van der Waals surface area (Å²) in [4.78, 5) is 20.7. The van der Waals surface area contributed by atoms with Crippen molar-refractivity contribution in [3.63, 3.8) is 0 Å². The molecule has 2 saturated heterocycles. The van der Waals surface area contributed by atoms with Crippen LogP contribution in [0.1, 0.15) is 35.2 Å². The second-order valence-corrected chi connectivity index (χ2v) is 7.86. The summed E-state index contributed by atoms with van der Waals surface area (Å²) in [5.41, 5.74) is 1.12. The fourth-order valence-electron chi connectivity index (χ4n) is 4.53. The van der Waals surface area contributed by atoms with E-state index in [1.54, 1.807) is 36.7 Å². The molecule has 1 aromatic heterocycles. The van der Waals surface area contributed by atoms with Crippen LogP contribution < -0.4 is 0 Å². The van der Waals surface area contributed by atoms with Gasteiger partial charge in [0.1, 0.15) is 0 Å². The maximum Gasteiger partial charge on any atom is 0.253 e. The summed E-state index contributed by atoms with van der Waals surface area (Å²) in [5, 5.41) is 0. The first-order valence-electron chi connectivity index (χ1n) is 9.96. The Bertz CT molecular complexity index is 822. The van der Waals surface area contributed by atoms with Crippen LogP contribution in [0.2, 0.25) is 0 Å². The third kappa shape index (κ3) is 4.07. The molecule has 2 aliphatic heterocycles. The molecule has 0 unspecified atom stereocenters. The van der Waals surface area contributed by atoms with Crippen LogP contribution in [0.25, 0.3) is 0 Å². The van der Waals surface area contributed by atoms with Gasteiger partial charge in [0.05, 0.1) is 0 Å². The first kappa shape index (κ1) is 19.0. The van der Waals surface area contributed by atoms with Gasteiger partial charge in [0.2, 0.25) is 0 Å². The zero-order valence-electron chi connectivity index (χ0n) is 15.9. The number of halogens is 2. The topological polar surface area (TPSA) is 36.4 Å². The number of amides is 1. The Morgan fingerprint density at radius 1 is 1.00 bits per heavy atom. The highest BCUT2D eigenvalue weighted by molar-refractivity contribution is 5.94. The van der Waals surface area contributed by atoms with E-state index in [-0.39, 0.29) is 5.91 Å². The van der Waals surface area contributed by atoms with Crippen LogP contribution in [0.5, 0.6) is 0 Å². The molecule has 1 atom stereocenters. The van der Waals surface area contributed by atoms with Crippen molar-refractivity contribution in [3.8, 4) is 0 Å². The van der Waals surface area contributed by atoms with Crippen LogP contribution >= 0.6 is 0 Å². The highest BCUT2D eigenvalue weighted by Gasteiger charge is 2.34. The second-order valence-electron chi connectivity index (χ2n) is 7.86. The molecule has 0 radical (unpaired) electrons. The standard InChI is InChI=1S/C22H25F2N3O/c23-20-3-1-2-19(21(20)24)14-26-11-6-16(7-12-26)18-8-13-27(15-18)22(28)17-4-9-25-10-5-17/h1-5,9-10,16,18H,6-8,11-15H2/t18-/m1/s1. The lowest BCUT2D eigenvalue weighted by Crippen LogP contribution is -2.37. The van der Waals surface area contributed by atoms with E-state index in [2.05, 4.69) is 9.88 Å². The largest absolute Gasteiger partial charge is 0.338 e. The van der Waals surface area contributed by atoms with Gasteiger partial charge < -0.3 is 4.90 Å². The molecule has 0 saturated carbocycles. The average Bonchev–Trinajstić information content (AvgIpc) is 3.22. The van der Waals surface area contributed by atoms with Crippen LogP contribution in [0.4, 0.5) is 8.78 Å². The SMILES string of the molecule is O=C(c1ccncc1)N1CC[C@@H](C2CCN(Cc3cccc(F)c3F)CC2)C1. The van der Waals surface area contributed by atoms with Gasteiger partial charge in [0, 0.05) is 43.2 Å². The molecule has 4 rings (SSSR count). The van der Waals surface area contributed by atoms with Gasteiger partial charge in [-0.15, -0.1) is 0 Å². The molecule has 2 aliphatic rings. The molecule has 2 aromatic rings. The zero-order chi connectivity index (χ0) is 19.5. The molecule has 0 bridgehead atoms. The summed E-state index contributed by atoms with van der Waals surface area (Å²) in [5.74, 6) is -0.311. The van der Waals surface area contributed by atoms with Crippen LogP contribution in [0, 0.1) is 23.5 Å². The molecule has 0 N–H and O–H groups in total. The Morgan fingerprint density at radius 3 is 2.46 bits per heavy atom. The molecule has 0 aliphatic carbocycles. The van der Waals surface area contributed by atoms with Crippen molar-refractivity contribution in [2.45, 2.75) is 25.8 Å². The van der Waals surface area contributed by atoms with E-state index in [1.807, 2.05) is 4.90 Å². The number of likely N-dealkylation sites (tertiary alicyclic amines) is 2. The number of carbonyl (C=O) groups is 1. The quantitative estimate of drug-likeness (QED) is 0.805. The van der Waals surface area contributed by atoms with Gasteiger partial charge in [-0.05, 0) is 62.4 Å². The minimum absolute atomic E-state index is 0.0870. The zero-order valence-corrected chi connectivity index (χ0v) is 15.9. The summed E-state index contributed by atoms with van der Waals surface area (Å²) in [6.07, 6.45) is 6.42. The smallest absolute Gasteiger partial charge is 0.253 e. The van der Waals surface area contributed by atoms with Gasteiger partial charge >= 0.3 is 0 Å². The van der Waals surface area contributed by atoms with Crippen molar-refractivity contribution in [3.05, 3.63) is 65.5 Å². The molecule has 3 heterocycles. The highest BCUT2D eigenvalue weighted by atomic mass is 19.2. The maximum atomic E-state index is 13.9. The summed E-state index contributed by atoms with van der Waals surface area (Å²) < 4.78 is 27.3.